The minimum atomic E-state index is 0.858. The van der Waals surface area contributed by atoms with Gasteiger partial charge in [-0.3, -0.25) is 19.9 Å². The largest absolute Gasteiger partial charge is 0.265 e. The molecule has 0 N–H and O–H groups in total. The Morgan fingerprint density at radius 2 is 0.875 bits per heavy atom. The van der Waals surface area contributed by atoms with Gasteiger partial charge in [0.05, 0.1) is 11.4 Å². The van der Waals surface area contributed by atoms with Gasteiger partial charge in [-0.15, -0.1) is 0 Å². The third-order valence-electron chi connectivity index (χ3n) is 3.82. The number of nitrogens with zero attached hydrogens (tertiary/aromatic N) is 4. The molecule has 0 aliphatic carbocycles. The van der Waals surface area contributed by atoms with Gasteiger partial charge < -0.3 is 0 Å². The van der Waals surface area contributed by atoms with Crippen molar-refractivity contribution in [2.45, 2.75) is 0 Å². The van der Waals surface area contributed by atoms with Crippen molar-refractivity contribution in [2.24, 2.45) is 0 Å². The summed E-state index contributed by atoms with van der Waals surface area (Å²) in [5, 5.41) is 0. The molecule has 0 spiro atoms. The predicted octanol–water partition coefficient (Wildman–Crippen LogP) is 4.27. The third kappa shape index (κ3) is 2.65. The fourth-order valence-electron chi connectivity index (χ4n) is 2.72. The van der Waals surface area contributed by atoms with Crippen molar-refractivity contribution in [3.63, 3.8) is 0 Å². The van der Waals surface area contributed by atoms with Crippen LogP contribution in [0.3, 0.4) is 0 Å². The summed E-state index contributed by atoms with van der Waals surface area (Å²) in [7, 11) is 0. The van der Waals surface area contributed by atoms with Crippen LogP contribution < -0.4 is 0 Å². The van der Waals surface area contributed by atoms with E-state index in [9.17, 15) is 0 Å². The van der Waals surface area contributed by atoms with Gasteiger partial charge in [0.2, 0.25) is 0 Å². The molecule has 114 valence electrons. The number of hydrogen-bond acceptors (Lipinski definition) is 4. The molecule has 0 fully saturated rings. The first-order chi connectivity index (χ1) is 11.9. The van der Waals surface area contributed by atoms with Crippen molar-refractivity contribution in [2.75, 3.05) is 0 Å². The van der Waals surface area contributed by atoms with Crippen LogP contribution in [0.2, 0.25) is 0 Å². The Labute approximate surface area is 139 Å². The average molecular weight is 310 g/mol. The highest BCUT2D eigenvalue weighted by atomic mass is 14.8. The summed E-state index contributed by atoms with van der Waals surface area (Å²) >= 11 is 0. The fraction of sp³-hybridized carbons (Fsp3) is 0. The summed E-state index contributed by atoms with van der Waals surface area (Å²) in [5.74, 6) is 0. The average Bonchev–Trinajstić information content (AvgIpc) is 2.69. The molecule has 0 aromatic carbocycles. The molecule has 4 nitrogen and oxygen atoms in total. The Balaban J connectivity index is 1.93. The van der Waals surface area contributed by atoms with Crippen LogP contribution in [0.5, 0.6) is 0 Å². The molecule has 4 aromatic heterocycles. The van der Waals surface area contributed by atoms with E-state index >= 15 is 0 Å². The number of rotatable bonds is 3. The molecule has 0 unspecified atom stereocenters. The van der Waals surface area contributed by atoms with Gasteiger partial charge in [0.1, 0.15) is 0 Å². The quantitative estimate of drug-likeness (QED) is 0.567. The zero-order valence-electron chi connectivity index (χ0n) is 12.9. The maximum absolute atomic E-state index is 4.61. The molecule has 4 aromatic rings. The normalized spacial score (nSPS) is 10.5. The molecule has 0 saturated heterocycles. The van der Waals surface area contributed by atoms with Crippen LogP contribution in [0.4, 0.5) is 0 Å². The van der Waals surface area contributed by atoms with Crippen LogP contribution in [0.25, 0.3) is 33.6 Å². The SMILES string of the molecule is c1cnc(-c2ncccc2-c2ccncc2)c(-c2ccncc2)c1. The third-order valence-corrected chi connectivity index (χ3v) is 3.82. The maximum atomic E-state index is 4.61. The van der Waals surface area contributed by atoms with E-state index in [4.69, 9.17) is 0 Å². The zero-order chi connectivity index (χ0) is 16.2. The Morgan fingerprint density at radius 3 is 1.29 bits per heavy atom. The minimum Gasteiger partial charge on any atom is -0.265 e. The van der Waals surface area contributed by atoms with Gasteiger partial charge in [-0.05, 0) is 47.5 Å². The molecule has 0 aliphatic rings. The molecule has 0 aliphatic heterocycles. The topological polar surface area (TPSA) is 51.6 Å². The Bertz CT molecular complexity index is 872. The standard InChI is InChI=1S/C20H14N4/c1-3-17(15-5-11-21-12-6-15)19(23-9-1)20-18(4-2-10-24-20)16-7-13-22-14-8-16/h1-14H. The molecule has 4 heteroatoms. The van der Waals surface area contributed by atoms with Crippen LogP contribution in [-0.2, 0) is 0 Å². The Morgan fingerprint density at radius 1 is 0.458 bits per heavy atom. The van der Waals surface area contributed by atoms with Gasteiger partial charge >= 0.3 is 0 Å². The first kappa shape index (κ1) is 14.2. The highest BCUT2D eigenvalue weighted by Crippen LogP contribution is 2.34. The molecule has 0 bridgehead atoms. The van der Waals surface area contributed by atoms with Crippen molar-refractivity contribution in [3.8, 4) is 33.6 Å². The number of aromatic nitrogens is 4. The van der Waals surface area contributed by atoms with E-state index in [2.05, 4.69) is 32.1 Å². The van der Waals surface area contributed by atoms with Crippen LogP contribution in [-0.4, -0.2) is 19.9 Å². The van der Waals surface area contributed by atoms with Crippen molar-refractivity contribution >= 4 is 0 Å². The lowest BCUT2D eigenvalue weighted by Gasteiger charge is -2.12. The first-order valence-electron chi connectivity index (χ1n) is 7.65. The fourth-order valence-corrected chi connectivity index (χ4v) is 2.72. The van der Waals surface area contributed by atoms with Crippen molar-refractivity contribution in [1.82, 2.24) is 19.9 Å². The number of hydrogen-bond donors (Lipinski definition) is 0. The highest BCUT2D eigenvalue weighted by Gasteiger charge is 2.14. The summed E-state index contributed by atoms with van der Waals surface area (Å²) in [4.78, 5) is 17.4. The summed E-state index contributed by atoms with van der Waals surface area (Å²) in [6.45, 7) is 0. The zero-order valence-corrected chi connectivity index (χ0v) is 12.9. The van der Waals surface area contributed by atoms with Gasteiger partial charge in [0.25, 0.3) is 0 Å². The molecule has 4 rings (SSSR count). The van der Waals surface area contributed by atoms with E-state index in [1.807, 2.05) is 36.4 Å². The van der Waals surface area contributed by atoms with E-state index in [1.54, 1.807) is 37.2 Å². The van der Waals surface area contributed by atoms with Gasteiger partial charge in [0, 0.05) is 48.3 Å². The monoisotopic (exact) mass is 310 g/mol. The van der Waals surface area contributed by atoms with Gasteiger partial charge in [-0.2, -0.15) is 0 Å². The smallest absolute Gasteiger partial charge is 0.0970 e. The second-order valence-corrected chi connectivity index (χ2v) is 5.27. The Hall–Kier alpha value is -3.40. The minimum absolute atomic E-state index is 0.858. The predicted molar refractivity (Wildman–Crippen MR) is 93.9 cm³/mol. The van der Waals surface area contributed by atoms with Crippen molar-refractivity contribution < 1.29 is 0 Å². The highest BCUT2D eigenvalue weighted by molar-refractivity contribution is 5.87. The summed E-state index contributed by atoms with van der Waals surface area (Å²) in [6, 6.07) is 15.9. The molecular weight excluding hydrogens is 296 g/mol. The summed E-state index contributed by atoms with van der Waals surface area (Å²) in [6.07, 6.45) is 10.7. The van der Waals surface area contributed by atoms with E-state index in [0.29, 0.717) is 0 Å². The van der Waals surface area contributed by atoms with Crippen LogP contribution in [0.15, 0.2) is 85.7 Å². The van der Waals surface area contributed by atoms with E-state index in [1.165, 1.54) is 0 Å². The molecule has 0 atom stereocenters. The second kappa shape index (κ2) is 6.38. The summed E-state index contributed by atoms with van der Waals surface area (Å²) < 4.78 is 0. The van der Waals surface area contributed by atoms with Crippen molar-refractivity contribution in [3.05, 3.63) is 85.7 Å². The molecular formula is C20H14N4. The maximum Gasteiger partial charge on any atom is 0.0970 e. The lowest BCUT2D eigenvalue weighted by molar-refractivity contribution is 1.24. The van der Waals surface area contributed by atoms with Crippen LogP contribution >= 0.6 is 0 Å². The molecule has 24 heavy (non-hydrogen) atoms. The first-order valence-corrected chi connectivity index (χ1v) is 7.65. The van der Waals surface area contributed by atoms with Gasteiger partial charge in [-0.25, -0.2) is 0 Å². The van der Waals surface area contributed by atoms with Gasteiger partial charge in [0.15, 0.2) is 0 Å². The molecule has 0 saturated carbocycles. The second-order valence-electron chi connectivity index (χ2n) is 5.27. The van der Waals surface area contributed by atoms with Gasteiger partial charge in [-0.1, -0.05) is 12.1 Å². The molecule has 0 amide bonds. The summed E-state index contributed by atoms with van der Waals surface area (Å²) in [5.41, 5.74) is 5.92. The molecule has 4 heterocycles. The van der Waals surface area contributed by atoms with Crippen LogP contribution in [0.1, 0.15) is 0 Å². The molecule has 0 radical (unpaired) electrons. The van der Waals surface area contributed by atoms with E-state index in [0.717, 1.165) is 33.6 Å². The lowest BCUT2D eigenvalue weighted by Crippen LogP contribution is -1.94. The van der Waals surface area contributed by atoms with Crippen molar-refractivity contribution in [1.29, 1.82) is 0 Å². The van der Waals surface area contributed by atoms with E-state index in [-0.39, 0.29) is 0 Å². The lowest BCUT2D eigenvalue weighted by atomic mass is 9.98. The Kier molecular flexibility index (Phi) is 3.78. The van der Waals surface area contributed by atoms with Crippen LogP contribution in [0, 0.1) is 0 Å². The van der Waals surface area contributed by atoms with E-state index < -0.39 is 0 Å². The number of pyridine rings is 4.